The van der Waals surface area contributed by atoms with E-state index in [0.717, 1.165) is 157 Å². The number of carbonyl (C=O) groups excluding carboxylic acids is 3. The Morgan fingerprint density at radius 2 is 0.739 bits per heavy atom. The summed E-state index contributed by atoms with van der Waals surface area (Å²) in [4.78, 5) is 87.1. The summed E-state index contributed by atoms with van der Waals surface area (Å²) in [6, 6.07) is 40.5. The number of H-pyrrole nitrogens is 4. The van der Waals surface area contributed by atoms with Gasteiger partial charge in [0.2, 0.25) is 0 Å². The second kappa shape index (κ2) is 45.5. The van der Waals surface area contributed by atoms with E-state index < -0.39 is 35.1 Å². The number of hydrogen-bond acceptors (Lipinski definition) is 22. The molecule has 0 unspecified atom stereocenters. The largest absolute Gasteiger partial charge is 0.508 e. The Labute approximate surface area is 846 Å². The molecular weight excluding hydrogens is 2030 g/mol. The highest BCUT2D eigenvalue weighted by Gasteiger charge is 2.27. The molecule has 138 heavy (non-hydrogen) atoms. The number of aromatic nitrogens is 14. The van der Waals surface area contributed by atoms with Crippen molar-refractivity contribution in [3.8, 4) is 56.0 Å². The summed E-state index contributed by atoms with van der Waals surface area (Å²) < 4.78 is 29.0. The highest BCUT2D eigenvalue weighted by Crippen LogP contribution is 2.36. The Morgan fingerprint density at radius 1 is 0.391 bits per heavy atom. The van der Waals surface area contributed by atoms with E-state index in [1.54, 1.807) is 102 Å². The van der Waals surface area contributed by atoms with Crippen molar-refractivity contribution in [2.45, 2.75) is 117 Å². The zero-order valence-electron chi connectivity index (χ0n) is 79.3. The number of hydrogen-bond donors (Lipinski definition) is 5. The first kappa shape index (κ1) is 102. The lowest BCUT2D eigenvalue weighted by Crippen LogP contribution is -2.27. The number of thiophene rings is 4. The molecule has 18 aromatic heterocycles. The van der Waals surface area contributed by atoms with Crippen LogP contribution in [0.3, 0.4) is 0 Å². The summed E-state index contributed by atoms with van der Waals surface area (Å²) in [6.07, 6.45) is 26.3. The Morgan fingerprint density at radius 3 is 1.15 bits per heavy atom. The van der Waals surface area contributed by atoms with Crippen LogP contribution in [-0.4, -0.2) is 173 Å². The fourth-order valence-electron chi connectivity index (χ4n) is 14.9. The zero-order valence-corrected chi connectivity index (χ0v) is 88.0. The number of ether oxygens (including phenoxy) is 4. The number of fused-ring (bicyclic) bond motifs is 7. The van der Waals surface area contributed by atoms with Gasteiger partial charge in [-0.1, -0.05) is 24.3 Å². The summed E-state index contributed by atoms with van der Waals surface area (Å²) in [7, 11) is 13.8. The van der Waals surface area contributed by atoms with Crippen LogP contribution < -0.4 is 4.74 Å². The second-order valence-electron chi connectivity index (χ2n) is 36.3. The summed E-state index contributed by atoms with van der Waals surface area (Å²) >= 11 is 22.9. The maximum atomic E-state index is 12.6. The number of nitrogens with one attached hydrogen (secondary N) is 4. The molecule has 0 aliphatic rings. The second-order valence-corrected chi connectivity index (χ2v) is 42.4. The van der Waals surface area contributed by atoms with E-state index in [2.05, 4.69) is 224 Å². The van der Waals surface area contributed by atoms with E-state index in [1.165, 1.54) is 57.9 Å². The molecule has 0 saturated carbocycles. The van der Waals surface area contributed by atoms with Gasteiger partial charge in [-0.3, -0.25) is 0 Å². The third-order valence-electron chi connectivity index (χ3n) is 21.0. The number of phenols is 1. The van der Waals surface area contributed by atoms with Gasteiger partial charge in [0.15, 0.2) is 0 Å². The summed E-state index contributed by atoms with van der Waals surface area (Å²) in [5.41, 5.74) is 21.8. The maximum absolute atomic E-state index is 12.6. The van der Waals surface area contributed by atoms with E-state index in [9.17, 15) is 19.5 Å². The molecular formula is C105H107Br3ClN17O8S4. The highest BCUT2D eigenvalue weighted by atomic mass is 79.9. The van der Waals surface area contributed by atoms with Gasteiger partial charge >= 0.3 is 18.3 Å². The van der Waals surface area contributed by atoms with Crippen LogP contribution in [0.1, 0.15) is 107 Å². The van der Waals surface area contributed by atoms with Crippen LogP contribution in [0.4, 0.5) is 14.4 Å². The lowest BCUT2D eigenvalue weighted by Gasteiger charge is -2.19. The molecule has 0 saturated heterocycles. The Balaban J connectivity index is 0.000000130. The van der Waals surface area contributed by atoms with Gasteiger partial charge in [0.25, 0.3) is 0 Å². The summed E-state index contributed by atoms with van der Waals surface area (Å²) in [5, 5.41) is 33.7. The molecule has 2 aromatic carbocycles. The Kier molecular flexibility index (Phi) is 33.5. The molecule has 0 atom stereocenters. The minimum Gasteiger partial charge on any atom is -0.508 e. The number of pyridine rings is 7. The number of phenolic OH excluding ortho intramolecular Hbond substituents is 1. The van der Waals surface area contributed by atoms with Crippen molar-refractivity contribution in [1.29, 1.82) is 0 Å². The molecule has 18 heterocycles. The highest BCUT2D eigenvalue weighted by molar-refractivity contribution is 9.11. The van der Waals surface area contributed by atoms with Gasteiger partial charge in [0, 0.05) is 186 Å². The smallest absolute Gasteiger partial charge is 0.420 e. The lowest BCUT2D eigenvalue weighted by atomic mass is 10.0. The van der Waals surface area contributed by atoms with E-state index in [0.29, 0.717) is 28.6 Å². The predicted molar refractivity (Wildman–Crippen MR) is 573 cm³/mol. The fraction of sp³-hybridized carbons (Fsp3) is 0.238. The van der Waals surface area contributed by atoms with Crippen molar-refractivity contribution in [3.05, 3.63) is 309 Å². The monoisotopic (exact) mass is 2130 g/mol. The summed E-state index contributed by atoms with van der Waals surface area (Å²) in [5.74, 6) is 1.50. The number of aromatic amines is 4. The number of aromatic hydroxyl groups is 1. The number of nitrogens with zero attached hydrogens (tertiary/aromatic N) is 13. The zero-order chi connectivity index (χ0) is 98.3. The number of halogens is 4. The first-order chi connectivity index (χ1) is 65.9. The molecule has 712 valence electrons. The first-order valence-electron chi connectivity index (χ1n) is 43.9. The molecule has 33 heteroatoms. The van der Waals surface area contributed by atoms with Crippen LogP contribution in [-0.2, 0) is 52.6 Å². The summed E-state index contributed by atoms with van der Waals surface area (Å²) in [6.45, 7) is 19.0. The number of methoxy groups -OCH3 is 1. The van der Waals surface area contributed by atoms with E-state index in [-0.39, 0.29) is 0 Å². The van der Waals surface area contributed by atoms with Gasteiger partial charge < -0.3 is 58.7 Å². The molecule has 20 rings (SSSR count). The third-order valence-corrected chi connectivity index (χ3v) is 25.3. The van der Waals surface area contributed by atoms with Gasteiger partial charge in [-0.05, 0) is 372 Å². The van der Waals surface area contributed by atoms with Crippen molar-refractivity contribution in [3.63, 3.8) is 0 Å². The quantitative estimate of drug-likeness (QED) is 0.0444. The normalized spacial score (nSPS) is 11.5. The van der Waals surface area contributed by atoms with Gasteiger partial charge in [0.1, 0.15) is 67.8 Å². The molecule has 0 aliphatic heterocycles. The minimum absolute atomic E-state index is 0.300. The van der Waals surface area contributed by atoms with Gasteiger partial charge in [0.05, 0.1) is 7.11 Å². The van der Waals surface area contributed by atoms with Crippen molar-refractivity contribution in [1.82, 2.24) is 83.2 Å². The Hall–Kier alpha value is -12.3. The molecule has 5 N–H and O–H groups in total. The molecule has 20 aromatic rings. The molecule has 0 amide bonds. The first-order valence-corrected chi connectivity index (χ1v) is 50.6. The van der Waals surface area contributed by atoms with Gasteiger partial charge in [-0.2, -0.15) is 45.3 Å². The van der Waals surface area contributed by atoms with Crippen molar-refractivity contribution in [2.75, 3.05) is 49.4 Å². The van der Waals surface area contributed by atoms with Crippen LogP contribution in [0.5, 0.6) is 11.5 Å². The lowest BCUT2D eigenvalue weighted by molar-refractivity contribution is 0.0532. The molecule has 0 radical (unpaired) electrons. The number of carbonyl (C=O) groups is 3. The van der Waals surface area contributed by atoms with Crippen molar-refractivity contribution < 1.29 is 38.4 Å². The SMILES string of the molecule is Brc1cnc2[nH]ccc2c1.CC(C)(C)OC(=O)n1cc(CCl)c2cc(-c3ccsc3)cnc21.CN(C)Cc1c[nH]c2ncc(Br)cc12.CN(C)Cc1cn(C(=O)OC(C)(C)C)c2ncc(-c3ccsc3)cc12.CN(C)Cc1cn(C(=O)OC(C)(C)C)c2ncc(Br)cc12.COc1cccc(Cc2c[nH]c3ncc(-c4ccsc4)cc23)c1.Oc1cccc(Cc2c[nH]c3ncc(-c4ccsc4)cc23)c1. The molecule has 0 aliphatic carbocycles. The van der Waals surface area contributed by atoms with E-state index in [4.69, 9.17) is 30.5 Å². The standard InChI is InChI=1S/C19H23N3O2S.C19H16N2OS.C18H14N2OS.C17H17ClN2O2S.C15H20BrN3O2.C10H12BrN3.C7H5BrN2/c1-19(2,3)24-18(23)22-11-15(10-21(4)5)16-8-14(9-20-17(16)22)13-6-7-25-12-13;1-22-17-4-2-3-13(8-17)7-16-11-21-19-18(16)9-15(10-20-19)14-5-6-23-12-14;21-16-3-1-2-12(7-16)6-15-10-20-18-17(15)8-14(9-19-18)13-4-5-22-11-13;1-17(2,3)22-16(21)20-9-13(7-18)14-6-12(8-19-15(14)20)11-4-5-23-10-11;1-15(2,3)21-14(20)19-9-10(8-18(4)5)12-6-11(16)7-17-13(12)19;1-14(2)6-7-4-12-10-9(7)3-8(11)5-13-10;8-6-3-5-1-2-9-7(5)10-4-6/h6-9,11-12H,10H2,1-5H3;2-6,8-12H,7H2,1H3,(H,20,21);1-5,7-11,21H,6H2,(H,19,20);4-6,8-10H,7H2,1-3H3;6-7,9H,8H2,1-5H3;3-5H,6H2,1-2H3,(H,12,13);1-4H,(H,9,10). The molecule has 0 fully saturated rings. The van der Waals surface area contributed by atoms with Crippen LogP contribution in [0.15, 0.2) is 265 Å². The maximum Gasteiger partial charge on any atom is 0.420 e. The number of alkyl halides is 1. The molecule has 0 spiro atoms. The average Bonchev–Trinajstić information content (AvgIpc) is 1.84. The average molecular weight is 2140 g/mol. The topological polar surface area (TPSA) is 286 Å². The molecule has 0 bridgehead atoms. The van der Waals surface area contributed by atoms with Gasteiger partial charge in [-0.25, -0.2) is 63.0 Å². The van der Waals surface area contributed by atoms with E-state index >= 15 is 0 Å². The van der Waals surface area contributed by atoms with E-state index in [1.807, 2.05) is 199 Å². The van der Waals surface area contributed by atoms with Crippen LogP contribution in [0.2, 0.25) is 0 Å². The number of rotatable bonds is 16. The van der Waals surface area contributed by atoms with Crippen molar-refractivity contribution >= 4 is 200 Å². The van der Waals surface area contributed by atoms with Crippen molar-refractivity contribution in [2.24, 2.45) is 0 Å². The minimum atomic E-state index is -0.564. The molecule has 25 nitrogen and oxygen atoms in total. The van der Waals surface area contributed by atoms with Crippen LogP contribution in [0.25, 0.3) is 122 Å². The van der Waals surface area contributed by atoms with Gasteiger partial charge in [-0.15, -0.1) is 11.6 Å². The number of benzene rings is 2. The predicted octanol–water partition coefficient (Wildman–Crippen LogP) is 27.7. The third kappa shape index (κ3) is 27.0. The Bertz CT molecular complexity index is 7530. The van der Waals surface area contributed by atoms with Crippen LogP contribution in [0, 0.1) is 0 Å². The fourth-order valence-corrected chi connectivity index (χ4v) is 18.8. The van der Waals surface area contributed by atoms with Crippen LogP contribution >= 0.6 is 105 Å².